The Morgan fingerprint density at radius 2 is 1.52 bits per heavy atom. The van der Waals surface area contributed by atoms with Crippen LogP contribution in [0.1, 0.15) is 6.92 Å². The highest BCUT2D eigenvalue weighted by Gasteiger charge is 2.05. The molecule has 0 aromatic heterocycles. The van der Waals surface area contributed by atoms with Gasteiger partial charge in [-0.05, 0) is 19.1 Å². The van der Waals surface area contributed by atoms with Crippen molar-refractivity contribution in [3.05, 3.63) is 49.6 Å². The highest BCUT2D eigenvalue weighted by molar-refractivity contribution is 6.27. The summed E-state index contributed by atoms with van der Waals surface area (Å²) in [4.78, 5) is 20.4. The predicted molar refractivity (Wildman–Crippen MR) is 95.2 cm³/mol. The summed E-state index contributed by atoms with van der Waals surface area (Å²) < 4.78 is 11.3. The average molecular weight is 351 g/mol. The topological polar surface area (TPSA) is 96.3 Å². The van der Waals surface area contributed by atoms with Gasteiger partial charge in [0, 0.05) is 19.6 Å². The molecule has 25 heavy (non-hydrogen) atoms. The first-order valence-electron chi connectivity index (χ1n) is 7.71. The highest BCUT2D eigenvalue weighted by Crippen LogP contribution is 2.26. The van der Waals surface area contributed by atoms with Crippen LogP contribution >= 0.6 is 0 Å². The summed E-state index contributed by atoms with van der Waals surface area (Å²) in [6, 6.07) is 7.74. The number of benzene rings is 1. The molecule has 0 spiro atoms. The van der Waals surface area contributed by atoms with Gasteiger partial charge in [-0.15, -0.1) is 13.2 Å². The van der Waals surface area contributed by atoms with Crippen LogP contribution in [-0.4, -0.2) is 59.9 Å². The van der Waals surface area contributed by atoms with Crippen molar-refractivity contribution in [1.82, 2.24) is 4.90 Å². The number of hydrogen-bond donors (Lipinski definition) is 2. The van der Waals surface area contributed by atoms with Crippen molar-refractivity contribution in [3.8, 4) is 11.5 Å². The van der Waals surface area contributed by atoms with Crippen molar-refractivity contribution in [2.75, 3.05) is 32.8 Å². The average Bonchev–Trinajstić information content (AvgIpc) is 2.57. The van der Waals surface area contributed by atoms with E-state index in [-0.39, 0.29) is 0 Å². The summed E-state index contributed by atoms with van der Waals surface area (Å²) in [5.74, 6) is -2.06. The van der Waals surface area contributed by atoms with E-state index in [1.807, 2.05) is 43.3 Å². The molecule has 0 aliphatic heterocycles. The fraction of sp³-hybridized carbons (Fsp3) is 0.333. The molecule has 1 aromatic rings. The van der Waals surface area contributed by atoms with Crippen LogP contribution in [0.3, 0.4) is 0 Å². The first kappa shape index (κ1) is 22.2. The van der Waals surface area contributed by atoms with E-state index in [9.17, 15) is 0 Å². The van der Waals surface area contributed by atoms with Gasteiger partial charge in [-0.1, -0.05) is 24.3 Å². The lowest BCUT2D eigenvalue weighted by Gasteiger charge is -2.19. The summed E-state index contributed by atoms with van der Waals surface area (Å²) in [7, 11) is 0. The third-order valence-corrected chi connectivity index (χ3v) is 2.77. The lowest BCUT2D eigenvalue weighted by atomic mass is 10.3. The first-order valence-corrected chi connectivity index (χ1v) is 7.71. The van der Waals surface area contributed by atoms with Crippen molar-refractivity contribution in [2.45, 2.75) is 6.92 Å². The van der Waals surface area contributed by atoms with Crippen LogP contribution in [0.4, 0.5) is 0 Å². The summed E-state index contributed by atoms with van der Waals surface area (Å²) in [6.07, 6.45) is 3.77. The number of carboxylic acid groups (broad SMARTS) is 2. The largest absolute Gasteiger partial charge is 0.490 e. The summed E-state index contributed by atoms with van der Waals surface area (Å²) in [6.45, 7) is 13.2. The van der Waals surface area contributed by atoms with E-state index < -0.39 is 11.9 Å². The molecule has 7 heteroatoms. The van der Waals surface area contributed by atoms with E-state index in [2.05, 4.69) is 18.1 Å². The Bertz CT molecular complexity index is 536. The highest BCUT2D eigenvalue weighted by atomic mass is 16.5. The lowest BCUT2D eigenvalue weighted by Crippen LogP contribution is -2.28. The van der Waals surface area contributed by atoms with Gasteiger partial charge < -0.3 is 19.7 Å². The Hall–Kier alpha value is -2.80. The zero-order chi connectivity index (χ0) is 19.1. The van der Waals surface area contributed by atoms with Gasteiger partial charge in [0.1, 0.15) is 6.61 Å². The molecule has 0 bridgehead atoms. The van der Waals surface area contributed by atoms with Crippen LogP contribution in [0.5, 0.6) is 11.5 Å². The second-order valence-electron chi connectivity index (χ2n) is 4.68. The maximum atomic E-state index is 9.10. The number of aliphatic carboxylic acids is 2. The molecule has 138 valence electrons. The maximum Gasteiger partial charge on any atom is 0.414 e. The normalized spacial score (nSPS) is 9.52. The number of ether oxygens (including phenoxy) is 2. The Labute approximate surface area is 147 Å². The smallest absolute Gasteiger partial charge is 0.414 e. The minimum Gasteiger partial charge on any atom is -0.490 e. The van der Waals surface area contributed by atoms with E-state index >= 15 is 0 Å². The van der Waals surface area contributed by atoms with Crippen molar-refractivity contribution in [3.63, 3.8) is 0 Å². The fourth-order valence-electron chi connectivity index (χ4n) is 1.75. The molecule has 0 fully saturated rings. The fourth-order valence-corrected chi connectivity index (χ4v) is 1.75. The molecule has 7 nitrogen and oxygen atoms in total. The number of nitrogens with zero attached hydrogens (tertiary/aromatic N) is 1. The summed E-state index contributed by atoms with van der Waals surface area (Å²) in [5, 5.41) is 14.8. The Morgan fingerprint density at radius 1 is 1.04 bits per heavy atom. The van der Waals surface area contributed by atoms with Gasteiger partial charge in [0.2, 0.25) is 0 Å². The van der Waals surface area contributed by atoms with Gasteiger partial charge in [0.15, 0.2) is 11.5 Å². The number of carboxylic acids is 2. The number of para-hydroxylation sites is 2. The monoisotopic (exact) mass is 351 g/mol. The van der Waals surface area contributed by atoms with Crippen LogP contribution < -0.4 is 9.47 Å². The predicted octanol–water partition coefficient (Wildman–Crippen LogP) is 2.29. The lowest BCUT2D eigenvalue weighted by molar-refractivity contribution is -0.159. The standard InChI is InChI=1S/C16H23NO2.C2H2O4/c1-4-11-17(12-5-2)13-14-19-16-10-8-7-9-15(16)18-6-3;3-1(4)2(5)6/h4-5,7-10H,1-2,6,11-14H2,3H3;(H,3,4)(H,5,6). The van der Waals surface area contributed by atoms with E-state index in [0.29, 0.717) is 13.2 Å². The molecule has 0 amide bonds. The zero-order valence-corrected chi connectivity index (χ0v) is 14.4. The number of hydrogen-bond acceptors (Lipinski definition) is 5. The minimum atomic E-state index is -1.82. The molecule has 0 radical (unpaired) electrons. The SMILES string of the molecule is C=CCN(CC=C)CCOc1ccccc1OCC.O=C(O)C(=O)O. The van der Waals surface area contributed by atoms with Crippen molar-refractivity contribution in [1.29, 1.82) is 0 Å². The van der Waals surface area contributed by atoms with Crippen molar-refractivity contribution < 1.29 is 29.3 Å². The summed E-state index contributed by atoms with van der Waals surface area (Å²) >= 11 is 0. The Morgan fingerprint density at radius 3 is 1.92 bits per heavy atom. The number of rotatable bonds is 10. The van der Waals surface area contributed by atoms with Crippen LogP contribution in [-0.2, 0) is 9.59 Å². The van der Waals surface area contributed by atoms with E-state index in [1.54, 1.807) is 0 Å². The van der Waals surface area contributed by atoms with Gasteiger partial charge in [-0.2, -0.15) is 0 Å². The van der Waals surface area contributed by atoms with Gasteiger partial charge in [0.05, 0.1) is 6.61 Å². The molecule has 0 saturated carbocycles. The third-order valence-electron chi connectivity index (χ3n) is 2.77. The van der Waals surface area contributed by atoms with Crippen molar-refractivity contribution >= 4 is 11.9 Å². The molecule has 0 saturated heterocycles. The van der Waals surface area contributed by atoms with Gasteiger partial charge in [-0.3, -0.25) is 4.90 Å². The van der Waals surface area contributed by atoms with Crippen LogP contribution in [0.15, 0.2) is 49.6 Å². The molecule has 1 aromatic carbocycles. The Kier molecular flexibility index (Phi) is 12.1. The molecule has 2 N–H and O–H groups in total. The third kappa shape index (κ3) is 10.6. The molecule has 0 atom stereocenters. The van der Waals surface area contributed by atoms with Gasteiger partial charge >= 0.3 is 11.9 Å². The first-order chi connectivity index (χ1) is 12.0. The van der Waals surface area contributed by atoms with Crippen LogP contribution in [0.2, 0.25) is 0 Å². The molecular formula is C18H25NO6. The summed E-state index contributed by atoms with van der Waals surface area (Å²) in [5.41, 5.74) is 0. The molecule has 0 aliphatic rings. The second-order valence-corrected chi connectivity index (χ2v) is 4.68. The van der Waals surface area contributed by atoms with E-state index in [0.717, 1.165) is 31.1 Å². The molecule has 1 rings (SSSR count). The van der Waals surface area contributed by atoms with E-state index in [4.69, 9.17) is 29.3 Å². The maximum absolute atomic E-state index is 9.10. The zero-order valence-electron chi connectivity index (χ0n) is 14.4. The van der Waals surface area contributed by atoms with E-state index in [1.165, 1.54) is 0 Å². The number of carbonyl (C=O) groups is 2. The molecule has 0 heterocycles. The molecule has 0 aliphatic carbocycles. The minimum absolute atomic E-state index is 0.617. The molecular weight excluding hydrogens is 326 g/mol. The van der Waals surface area contributed by atoms with Crippen molar-refractivity contribution in [2.24, 2.45) is 0 Å². The van der Waals surface area contributed by atoms with Gasteiger partial charge in [0.25, 0.3) is 0 Å². The Balaban J connectivity index is 0.000000823. The van der Waals surface area contributed by atoms with Gasteiger partial charge in [-0.25, -0.2) is 9.59 Å². The quantitative estimate of drug-likeness (QED) is 0.493. The molecule has 0 unspecified atom stereocenters. The second kappa shape index (κ2) is 13.6. The van der Waals surface area contributed by atoms with Crippen LogP contribution in [0, 0.1) is 0 Å². The van der Waals surface area contributed by atoms with Crippen LogP contribution in [0.25, 0.3) is 0 Å².